The molecule has 0 aromatic heterocycles. The largest absolute Gasteiger partial charge is 0.508 e. The third-order valence-corrected chi connectivity index (χ3v) is 8.31. The second kappa shape index (κ2) is 8.62. The number of aliphatic imine (C=N–C) groups is 1. The molecule has 1 spiro atoms. The average molecular weight is 460 g/mol. The monoisotopic (exact) mass is 459 g/mol. The molecule has 3 saturated heterocycles. The number of hydrogen-bond donors (Lipinski definition) is 3. The van der Waals surface area contributed by atoms with Crippen LogP contribution in [0.25, 0.3) is 0 Å². The summed E-state index contributed by atoms with van der Waals surface area (Å²) < 4.78 is 0. The Morgan fingerprint density at radius 1 is 1.12 bits per heavy atom. The first-order valence-electron chi connectivity index (χ1n) is 12.6. The van der Waals surface area contributed by atoms with Crippen LogP contribution >= 0.6 is 0 Å². The predicted octanol–water partition coefficient (Wildman–Crippen LogP) is 2.61. The molecule has 3 fully saturated rings. The number of nitrogens with one attached hydrogen (secondary N) is 2. The van der Waals surface area contributed by atoms with E-state index in [9.17, 15) is 9.90 Å². The maximum Gasteiger partial charge on any atom is 0.247 e. The van der Waals surface area contributed by atoms with Crippen LogP contribution in [0.1, 0.15) is 42.7 Å². The van der Waals surface area contributed by atoms with E-state index in [4.69, 9.17) is 4.99 Å². The summed E-state index contributed by atoms with van der Waals surface area (Å²) in [4.78, 5) is 22.5. The van der Waals surface area contributed by atoms with Gasteiger partial charge in [0.05, 0.1) is 19.0 Å². The minimum Gasteiger partial charge on any atom is -0.508 e. The van der Waals surface area contributed by atoms with Crippen molar-refractivity contribution in [2.45, 2.75) is 49.6 Å². The number of likely N-dealkylation sites (tertiary alicyclic amines) is 1. The Balaban J connectivity index is 1.05. The highest BCUT2D eigenvalue weighted by Crippen LogP contribution is 2.39. The third-order valence-electron chi connectivity index (χ3n) is 8.31. The first-order chi connectivity index (χ1) is 16.6. The Kier molecular flexibility index (Phi) is 5.44. The number of piperidine rings is 1. The van der Waals surface area contributed by atoms with Crippen LogP contribution in [-0.2, 0) is 11.2 Å². The van der Waals surface area contributed by atoms with E-state index in [1.165, 1.54) is 11.1 Å². The normalized spacial score (nSPS) is 26.9. The van der Waals surface area contributed by atoms with E-state index in [2.05, 4.69) is 38.6 Å². The van der Waals surface area contributed by atoms with Crippen molar-refractivity contribution in [2.75, 3.05) is 37.7 Å². The number of amides is 1. The number of aryl methyl sites for hydroxylation is 1. The zero-order valence-corrected chi connectivity index (χ0v) is 19.5. The van der Waals surface area contributed by atoms with E-state index in [-0.39, 0.29) is 5.91 Å². The van der Waals surface area contributed by atoms with Gasteiger partial charge >= 0.3 is 0 Å². The van der Waals surface area contributed by atoms with Crippen molar-refractivity contribution in [2.24, 2.45) is 4.99 Å². The Hall–Kier alpha value is -3.06. The number of anilines is 1. The van der Waals surface area contributed by atoms with Gasteiger partial charge in [0, 0.05) is 43.7 Å². The highest BCUT2D eigenvalue weighted by atomic mass is 16.3. The molecule has 3 aliphatic heterocycles. The second-order valence-electron chi connectivity index (χ2n) is 10.1. The topological polar surface area (TPSA) is 80.2 Å². The Bertz CT molecular complexity index is 1090. The number of rotatable bonds is 4. The molecule has 7 heteroatoms. The molecule has 0 bridgehead atoms. The fraction of sp³-hybridized carbons (Fsp3) is 0.481. The van der Waals surface area contributed by atoms with Crippen LogP contribution in [0.15, 0.2) is 53.5 Å². The van der Waals surface area contributed by atoms with Gasteiger partial charge < -0.3 is 25.5 Å². The van der Waals surface area contributed by atoms with E-state index >= 15 is 0 Å². The summed E-state index contributed by atoms with van der Waals surface area (Å²) in [5, 5.41) is 16.6. The molecule has 0 saturated carbocycles. The number of carbonyl (C=O) groups excluding carboxylic acids is 1. The molecule has 178 valence electrons. The van der Waals surface area contributed by atoms with Crippen LogP contribution in [0, 0.1) is 0 Å². The van der Waals surface area contributed by atoms with Crippen LogP contribution in [0.3, 0.4) is 0 Å². The molecule has 6 rings (SSSR count). The fourth-order valence-corrected chi connectivity index (χ4v) is 6.42. The molecular weight excluding hydrogens is 426 g/mol. The molecule has 7 nitrogen and oxygen atoms in total. The molecule has 2 atom stereocenters. The lowest BCUT2D eigenvalue weighted by Gasteiger charge is -2.43. The number of benzene rings is 2. The van der Waals surface area contributed by atoms with Crippen LogP contribution in [0.5, 0.6) is 5.75 Å². The van der Waals surface area contributed by atoms with E-state index in [0.29, 0.717) is 24.4 Å². The molecule has 2 unspecified atom stereocenters. The van der Waals surface area contributed by atoms with Gasteiger partial charge in [0.2, 0.25) is 5.91 Å². The minimum absolute atomic E-state index is 0.169. The number of hydrogen-bond acceptors (Lipinski definition) is 5. The van der Waals surface area contributed by atoms with Crippen molar-refractivity contribution in [1.29, 1.82) is 0 Å². The molecule has 1 aliphatic carbocycles. The van der Waals surface area contributed by atoms with Crippen molar-refractivity contribution < 1.29 is 9.90 Å². The Morgan fingerprint density at radius 3 is 2.76 bits per heavy atom. The van der Waals surface area contributed by atoms with E-state index in [1.807, 2.05) is 30.3 Å². The molecule has 0 radical (unpaired) electrons. The van der Waals surface area contributed by atoms with Gasteiger partial charge in [0.25, 0.3) is 0 Å². The molecule has 2 aromatic carbocycles. The van der Waals surface area contributed by atoms with Gasteiger partial charge in [-0.2, -0.15) is 0 Å². The summed E-state index contributed by atoms with van der Waals surface area (Å²) in [7, 11) is 0. The average Bonchev–Trinajstić information content (AvgIpc) is 3.42. The predicted molar refractivity (Wildman–Crippen MR) is 133 cm³/mol. The van der Waals surface area contributed by atoms with E-state index < -0.39 is 5.54 Å². The first kappa shape index (κ1) is 21.5. The smallest absolute Gasteiger partial charge is 0.247 e. The Labute approximate surface area is 200 Å². The van der Waals surface area contributed by atoms with Crippen molar-refractivity contribution in [3.05, 3.63) is 59.7 Å². The van der Waals surface area contributed by atoms with Crippen LogP contribution in [-0.4, -0.2) is 66.2 Å². The molecular formula is C27H33N5O2. The van der Waals surface area contributed by atoms with Gasteiger partial charge in [-0.15, -0.1) is 0 Å². The number of phenolic OH excluding ortho intramolecular Hbond substituents is 1. The number of para-hydroxylation sites is 1. The SMILES string of the molecule is O=C1NCN(c2ccccc2)C12CCN(CCN=C1CC3c4ccc(O)cc4CCC3N1)CC2. The van der Waals surface area contributed by atoms with Crippen LogP contribution < -0.4 is 15.5 Å². The lowest BCUT2D eigenvalue weighted by molar-refractivity contribution is -0.125. The van der Waals surface area contributed by atoms with E-state index in [1.54, 1.807) is 0 Å². The van der Waals surface area contributed by atoms with Gasteiger partial charge in [-0.1, -0.05) is 24.3 Å². The van der Waals surface area contributed by atoms with Gasteiger partial charge in [-0.05, 0) is 61.1 Å². The first-order valence-corrected chi connectivity index (χ1v) is 12.6. The van der Waals surface area contributed by atoms with Gasteiger partial charge in [-0.3, -0.25) is 9.79 Å². The number of amidine groups is 1. The number of aromatic hydroxyl groups is 1. The van der Waals surface area contributed by atoms with Crippen LogP contribution in [0.2, 0.25) is 0 Å². The molecule has 1 amide bonds. The fourth-order valence-electron chi connectivity index (χ4n) is 6.42. The number of phenols is 1. The lowest BCUT2D eigenvalue weighted by atomic mass is 9.80. The van der Waals surface area contributed by atoms with Crippen molar-refractivity contribution in [3.63, 3.8) is 0 Å². The van der Waals surface area contributed by atoms with Crippen molar-refractivity contribution in [3.8, 4) is 5.75 Å². The van der Waals surface area contributed by atoms with E-state index in [0.717, 1.165) is 69.8 Å². The van der Waals surface area contributed by atoms with Gasteiger partial charge in [0.1, 0.15) is 11.3 Å². The maximum absolute atomic E-state index is 12.8. The molecule has 3 heterocycles. The summed E-state index contributed by atoms with van der Waals surface area (Å²) in [5.74, 6) is 2.11. The minimum atomic E-state index is -0.422. The quantitative estimate of drug-likeness (QED) is 0.655. The summed E-state index contributed by atoms with van der Waals surface area (Å²) in [6, 6.07) is 16.6. The summed E-state index contributed by atoms with van der Waals surface area (Å²) in [6.07, 6.45) is 4.74. The standard InChI is InChI=1S/C27H33N5O2/c33-21-7-8-22-19(16-21)6-9-24-23(22)17-25(30-24)28-12-15-31-13-10-27(11-14-31)26(34)29-18-32(27)20-4-2-1-3-5-20/h1-5,7-8,16,23-24,33H,6,9-15,17-18H2,(H,28,30)(H,29,34). The maximum atomic E-state index is 12.8. The highest BCUT2D eigenvalue weighted by molar-refractivity contribution is 5.93. The van der Waals surface area contributed by atoms with Crippen molar-refractivity contribution >= 4 is 17.4 Å². The number of fused-ring (bicyclic) bond motifs is 3. The van der Waals surface area contributed by atoms with Crippen LogP contribution in [0.4, 0.5) is 5.69 Å². The summed E-state index contributed by atoms with van der Waals surface area (Å²) in [5.41, 5.74) is 3.35. The van der Waals surface area contributed by atoms with Gasteiger partial charge in [0.15, 0.2) is 0 Å². The third kappa shape index (κ3) is 3.72. The second-order valence-corrected chi connectivity index (χ2v) is 10.1. The highest BCUT2D eigenvalue weighted by Gasteiger charge is 2.50. The zero-order valence-electron chi connectivity index (χ0n) is 19.5. The number of carbonyl (C=O) groups is 1. The zero-order chi connectivity index (χ0) is 23.1. The lowest BCUT2D eigenvalue weighted by Crippen LogP contribution is -2.56. The summed E-state index contributed by atoms with van der Waals surface area (Å²) in [6.45, 7) is 4.13. The number of nitrogens with zero attached hydrogens (tertiary/aromatic N) is 3. The molecule has 3 N–H and O–H groups in total. The Morgan fingerprint density at radius 2 is 1.94 bits per heavy atom. The van der Waals surface area contributed by atoms with Crippen molar-refractivity contribution in [1.82, 2.24) is 15.5 Å². The molecule has 34 heavy (non-hydrogen) atoms. The summed E-state index contributed by atoms with van der Waals surface area (Å²) >= 11 is 0. The van der Waals surface area contributed by atoms with Gasteiger partial charge in [-0.25, -0.2) is 0 Å². The molecule has 4 aliphatic rings. The molecule has 2 aromatic rings.